The van der Waals surface area contributed by atoms with E-state index in [9.17, 15) is 4.79 Å². The minimum absolute atomic E-state index is 0.237. The Morgan fingerprint density at radius 2 is 2.04 bits per heavy atom. The maximum absolute atomic E-state index is 11.9. The molecule has 3 aliphatic rings. The average molecular weight is 335 g/mol. The summed E-state index contributed by atoms with van der Waals surface area (Å²) >= 11 is 6.22. The zero-order valence-corrected chi connectivity index (χ0v) is 13.7. The van der Waals surface area contributed by atoms with Crippen LogP contribution in [0, 0.1) is 0 Å². The number of hydrogen-bond acceptors (Lipinski definition) is 5. The molecule has 2 atom stereocenters. The maximum atomic E-state index is 11.9. The van der Waals surface area contributed by atoms with Gasteiger partial charge in [-0.2, -0.15) is 10.2 Å². The SMILES string of the molecule is Cn1ncc(N2CC3CC(C2)N3CCn2cccn2)c(Cl)c1=O. The predicted molar refractivity (Wildman–Crippen MR) is 87.8 cm³/mol. The molecule has 2 aromatic rings. The lowest BCUT2D eigenvalue weighted by molar-refractivity contribution is -0.00399. The van der Waals surface area contributed by atoms with Crippen molar-refractivity contribution < 1.29 is 0 Å². The highest BCUT2D eigenvalue weighted by atomic mass is 35.5. The molecule has 0 spiro atoms. The second kappa shape index (κ2) is 5.65. The second-order valence-electron chi connectivity index (χ2n) is 6.23. The lowest BCUT2D eigenvalue weighted by atomic mass is 9.87. The van der Waals surface area contributed by atoms with Crippen molar-refractivity contribution in [2.75, 3.05) is 24.5 Å². The number of halogens is 1. The van der Waals surface area contributed by atoms with E-state index in [4.69, 9.17) is 11.6 Å². The summed E-state index contributed by atoms with van der Waals surface area (Å²) in [6.07, 6.45) is 6.71. The standard InChI is InChI=1S/C15H19ClN6O/c1-19-15(23)14(16)13(8-18-19)20-9-11-7-12(10-20)22(11)6-5-21-4-2-3-17-21/h2-4,8,11-12H,5-7,9-10H2,1H3. The van der Waals surface area contributed by atoms with E-state index in [0.717, 1.165) is 31.9 Å². The molecule has 5 heterocycles. The number of rotatable bonds is 4. The lowest BCUT2D eigenvalue weighted by Gasteiger charge is -2.57. The van der Waals surface area contributed by atoms with Gasteiger partial charge in [0.15, 0.2) is 0 Å². The van der Waals surface area contributed by atoms with E-state index in [1.807, 2.05) is 23.1 Å². The van der Waals surface area contributed by atoms with Crippen LogP contribution in [0.3, 0.4) is 0 Å². The van der Waals surface area contributed by atoms with E-state index in [0.29, 0.717) is 12.1 Å². The van der Waals surface area contributed by atoms with Crippen LogP contribution in [0.5, 0.6) is 0 Å². The smallest absolute Gasteiger partial charge is 0.287 e. The first-order chi connectivity index (χ1) is 11.1. The third-order valence-corrected chi connectivity index (χ3v) is 5.25. The van der Waals surface area contributed by atoms with E-state index < -0.39 is 0 Å². The molecule has 2 bridgehead atoms. The van der Waals surface area contributed by atoms with Crippen molar-refractivity contribution in [3.8, 4) is 0 Å². The quantitative estimate of drug-likeness (QED) is 0.819. The molecule has 5 rings (SSSR count). The Hall–Kier alpha value is -1.86. The van der Waals surface area contributed by atoms with Crippen LogP contribution in [0.15, 0.2) is 29.5 Å². The number of aromatic nitrogens is 4. The Morgan fingerprint density at radius 1 is 1.26 bits per heavy atom. The summed E-state index contributed by atoms with van der Waals surface area (Å²) in [7, 11) is 1.61. The van der Waals surface area contributed by atoms with Crippen molar-refractivity contribution in [3.63, 3.8) is 0 Å². The summed E-state index contributed by atoms with van der Waals surface area (Å²) in [5, 5.41) is 8.62. The van der Waals surface area contributed by atoms with Gasteiger partial charge in [0.1, 0.15) is 5.02 Å². The monoisotopic (exact) mass is 334 g/mol. The fraction of sp³-hybridized carbons (Fsp3) is 0.533. The van der Waals surface area contributed by atoms with Crippen LogP contribution in [0.25, 0.3) is 0 Å². The maximum Gasteiger partial charge on any atom is 0.287 e. The van der Waals surface area contributed by atoms with Crippen LogP contribution in [0.2, 0.25) is 5.02 Å². The van der Waals surface area contributed by atoms with Crippen LogP contribution < -0.4 is 10.5 Å². The van der Waals surface area contributed by atoms with Gasteiger partial charge in [0.05, 0.1) is 18.4 Å². The van der Waals surface area contributed by atoms with Crippen molar-refractivity contribution in [2.24, 2.45) is 7.05 Å². The molecule has 23 heavy (non-hydrogen) atoms. The molecule has 7 nitrogen and oxygen atoms in total. The topological polar surface area (TPSA) is 59.2 Å². The van der Waals surface area contributed by atoms with Crippen LogP contribution in [-0.2, 0) is 13.6 Å². The third kappa shape index (κ3) is 2.53. The molecule has 3 fully saturated rings. The second-order valence-corrected chi connectivity index (χ2v) is 6.61. The summed E-state index contributed by atoms with van der Waals surface area (Å²) in [6.45, 7) is 3.70. The first-order valence-corrected chi connectivity index (χ1v) is 8.21. The first-order valence-electron chi connectivity index (χ1n) is 7.83. The van der Waals surface area contributed by atoms with Gasteiger partial charge in [-0.1, -0.05) is 11.6 Å². The third-order valence-electron chi connectivity index (χ3n) is 4.89. The zero-order valence-electron chi connectivity index (χ0n) is 13.0. The largest absolute Gasteiger partial charge is 0.366 e. The number of piperazine rings is 1. The zero-order chi connectivity index (χ0) is 16.0. The molecule has 0 aliphatic carbocycles. The highest BCUT2D eigenvalue weighted by Crippen LogP contribution is 2.35. The number of nitrogens with zero attached hydrogens (tertiary/aromatic N) is 6. The molecule has 3 saturated heterocycles. The van der Waals surface area contributed by atoms with Crippen molar-refractivity contribution >= 4 is 17.3 Å². The molecule has 0 N–H and O–H groups in total. The summed E-state index contributed by atoms with van der Waals surface area (Å²) in [6, 6.07) is 2.98. The van der Waals surface area contributed by atoms with Gasteiger partial charge in [0.25, 0.3) is 5.56 Å². The molecule has 0 saturated carbocycles. The fourth-order valence-corrected chi connectivity index (χ4v) is 3.91. The van der Waals surface area contributed by atoms with Crippen molar-refractivity contribution in [1.29, 1.82) is 0 Å². The van der Waals surface area contributed by atoms with Gasteiger partial charge >= 0.3 is 0 Å². The molecule has 2 aromatic heterocycles. The fourth-order valence-electron chi connectivity index (χ4n) is 3.62. The van der Waals surface area contributed by atoms with Crippen molar-refractivity contribution in [1.82, 2.24) is 24.5 Å². The number of anilines is 1. The van der Waals surface area contributed by atoms with Crippen LogP contribution in [-0.4, -0.2) is 56.2 Å². The highest BCUT2D eigenvalue weighted by molar-refractivity contribution is 6.33. The van der Waals surface area contributed by atoms with E-state index >= 15 is 0 Å². The molecule has 0 radical (unpaired) electrons. The van der Waals surface area contributed by atoms with Crippen molar-refractivity contribution in [3.05, 3.63) is 40.0 Å². The summed E-state index contributed by atoms with van der Waals surface area (Å²) in [5.74, 6) is 0. The van der Waals surface area contributed by atoms with Gasteiger partial charge in [0.2, 0.25) is 0 Å². The van der Waals surface area contributed by atoms with E-state index in [1.165, 1.54) is 11.1 Å². The number of hydrogen-bond donors (Lipinski definition) is 0. The summed E-state index contributed by atoms with van der Waals surface area (Å²) in [5.41, 5.74) is 0.523. The van der Waals surface area contributed by atoms with Gasteiger partial charge in [0, 0.05) is 51.2 Å². The van der Waals surface area contributed by atoms with Crippen LogP contribution in [0.4, 0.5) is 5.69 Å². The Kier molecular flexibility index (Phi) is 3.61. The summed E-state index contributed by atoms with van der Waals surface area (Å²) in [4.78, 5) is 16.7. The minimum Gasteiger partial charge on any atom is -0.366 e. The van der Waals surface area contributed by atoms with Gasteiger partial charge in [-0.05, 0) is 12.5 Å². The molecular formula is C15H19ClN6O. The Morgan fingerprint density at radius 3 is 2.74 bits per heavy atom. The van der Waals surface area contributed by atoms with Gasteiger partial charge in [-0.25, -0.2) is 4.68 Å². The lowest BCUT2D eigenvalue weighted by Crippen LogP contribution is -2.69. The molecular weight excluding hydrogens is 316 g/mol. The van der Waals surface area contributed by atoms with Crippen molar-refractivity contribution in [2.45, 2.75) is 25.0 Å². The molecule has 8 heteroatoms. The Balaban J connectivity index is 1.43. The normalized spacial score (nSPS) is 23.8. The predicted octanol–water partition coefficient (Wildman–Crippen LogP) is 0.593. The molecule has 0 aromatic carbocycles. The van der Waals surface area contributed by atoms with E-state index in [1.54, 1.807) is 13.2 Å². The molecule has 122 valence electrons. The molecule has 3 aliphatic heterocycles. The summed E-state index contributed by atoms with van der Waals surface area (Å²) < 4.78 is 3.24. The number of aryl methyl sites for hydroxylation is 1. The van der Waals surface area contributed by atoms with E-state index in [2.05, 4.69) is 20.0 Å². The molecule has 0 amide bonds. The highest BCUT2D eigenvalue weighted by Gasteiger charge is 2.44. The first kappa shape index (κ1) is 14.7. The number of piperidine rings is 1. The molecule has 2 unspecified atom stereocenters. The van der Waals surface area contributed by atoms with Crippen LogP contribution >= 0.6 is 11.6 Å². The van der Waals surface area contributed by atoms with E-state index in [-0.39, 0.29) is 10.6 Å². The van der Waals surface area contributed by atoms with Gasteiger partial charge in [-0.3, -0.25) is 14.4 Å². The van der Waals surface area contributed by atoms with Crippen LogP contribution in [0.1, 0.15) is 6.42 Å². The minimum atomic E-state index is -0.237. The van der Waals surface area contributed by atoms with Gasteiger partial charge < -0.3 is 4.90 Å². The Labute approximate surface area is 139 Å². The average Bonchev–Trinajstić information content (AvgIpc) is 3.06. The number of fused-ring (bicyclic) bond motifs is 2. The Bertz CT molecular complexity index is 746. The van der Waals surface area contributed by atoms with Gasteiger partial charge in [-0.15, -0.1) is 0 Å².